The molecule has 4 nitrogen and oxygen atoms in total. The topological polar surface area (TPSA) is 52.6 Å². The van der Waals surface area contributed by atoms with E-state index in [0.29, 0.717) is 33.5 Å². The molecule has 0 saturated heterocycles. The Hall–Kier alpha value is -2.10. The van der Waals surface area contributed by atoms with Crippen LogP contribution in [0.25, 0.3) is 0 Å². The number of carbonyl (C=O) groups is 2. The average Bonchev–Trinajstić information content (AvgIpc) is 3.69. The summed E-state index contributed by atoms with van der Waals surface area (Å²) in [5, 5.41) is 0. The monoisotopic (exact) mass is 937 g/mol. The van der Waals surface area contributed by atoms with Crippen LogP contribution in [0.3, 0.4) is 0 Å². The van der Waals surface area contributed by atoms with Gasteiger partial charge in [0.1, 0.15) is 12.2 Å². The van der Waals surface area contributed by atoms with E-state index in [2.05, 4.69) is 123 Å². The van der Waals surface area contributed by atoms with Crippen molar-refractivity contribution in [2.45, 2.75) is 265 Å². The maximum absolute atomic E-state index is 11.8. The second kappa shape index (κ2) is 19.1. The molecule has 0 bridgehead atoms. The summed E-state index contributed by atoms with van der Waals surface area (Å²) in [5.41, 5.74) is 12.5. The molecule has 0 aromatic rings. The molecule has 0 heterocycles. The minimum Gasteiger partial charge on any atom is -0.462 e. The predicted molar refractivity (Wildman–Crippen MR) is 285 cm³/mol. The number of rotatable bonds is 10. The lowest BCUT2D eigenvalue weighted by Gasteiger charge is -2.62. The van der Waals surface area contributed by atoms with Crippen LogP contribution in [0.1, 0.15) is 253 Å². The molecule has 0 amide bonds. The molecular formula is C64H104O4. The van der Waals surface area contributed by atoms with Gasteiger partial charge in [0.05, 0.1) is 0 Å². The molecule has 4 saturated carbocycles. The Bertz CT molecular complexity index is 1890. The van der Waals surface area contributed by atoms with Gasteiger partial charge in [0.15, 0.2) is 0 Å². The molecule has 384 valence electrons. The molecule has 4 heteroatoms. The zero-order chi connectivity index (χ0) is 50.2. The highest BCUT2D eigenvalue weighted by Gasteiger charge is 2.65. The fourth-order valence-corrected chi connectivity index (χ4v) is 19.7. The van der Waals surface area contributed by atoms with Gasteiger partial charge in [-0.2, -0.15) is 0 Å². The molecule has 0 N–H and O–H groups in total. The van der Waals surface area contributed by atoms with Gasteiger partial charge in [0.2, 0.25) is 0 Å². The SMILES string of the molecule is CC(=O)O[C@H]1CC[C@]2(C)C3=C(CC[C@H]2C1(C)C)[C@]1(C)CC[C@H]([C@H](C)CCC=C(C)C)[C@@]1(C)CC3.CC(=O)O[C@H]1CC[C@]2(C)C3=C(CC[C@H]2C1(C)C)[C@]1(C)CC[C@H]([C@H](C)CCC=C(C)C)[C@@]1(C)CC3. The zero-order valence-corrected chi connectivity index (χ0v) is 47.5. The van der Waals surface area contributed by atoms with Crippen LogP contribution in [-0.2, 0) is 19.1 Å². The zero-order valence-electron chi connectivity index (χ0n) is 47.5. The third kappa shape index (κ3) is 8.76. The van der Waals surface area contributed by atoms with Crippen molar-refractivity contribution in [1.82, 2.24) is 0 Å². The lowest BCUT2D eigenvalue weighted by molar-refractivity contribution is -0.167. The van der Waals surface area contributed by atoms with E-state index >= 15 is 0 Å². The van der Waals surface area contributed by atoms with Gasteiger partial charge in [-0.3, -0.25) is 9.59 Å². The molecule has 68 heavy (non-hydrogen) atoms. The molecule has 0 aromatic heterocycles. The molecule has 0 unspecified atom stereocenters. The molecule has 0 spiro atoms. The second-order valence-corrected chi connectivity index (χ2v) is 28.3. The number of allylic oxidation sites excluding steroid dienone is 8. The van der Waals surface area contributed by atoms with Gasteiger partial charge in [-0.15, -0.1) is 0 Å². The van der Waals surface area contributed by atoms with Crippen molar-refractivity contribution in [3.8, 4) is 0 Å². The third-order valence-corrected chi connectivity index (χ3v) is 23.8. The van der Waals surface area contributed by atoms with E-state index in [1.54, 1.807) is 13.8 Å². The van der Waals surface area contributed by atoms with Gasteiger partial charge in [0.25, 0.3) is 0 Å². The Labute approximate surface area is 418 Å². The van der Waals surface area contributed by atoms with Crippen molar-refractivity contribution in [2.24, 2.45) is 78.8 Å². The number of hydrogen-bond acceptors (Lipinski definition) is 4. The van der Waals surface area contributed by atoms with Gasteiger partial charge in [-0.25, -0.2) is 0 Å². The summed E-state index contributed by atoms with van der Waals surface area (Å²) >= 11 is 0. The molecule has 8 aliphatic carbocycles. The van der Waals surface area contributed by atoms with Crippen molar-refractivity contribution in [2.75, 3.05) is 0 Å². The quantitative estimate of drug-likeness (QED) is 0.162. The highest BCUT2D eigenvalue weighted by Crippen LogP contribution is 2.74. The van der Waals surface area contributed by atoms with Crippen LogP contribution < -0.4 is 0 Å². The highest BCUT2D eigenvalue weighted by atomic mass is 16.5. The molecule has 0 aromatic carbocycles. The molecule has 4 fully saturated rings. The van der Waals surface area contributed by atoms with Crippen LogP contribution in [0.4, 0.5) is 0 Å². The Morgan fingerprint density at radius 1 is 0.485 bits per heavy atom. The summed E-state index contributed by atoms with van der Waals surface area (Å²) in [6.07, 6.45) is 30.4. The van der Waals surface area contributed by atoms with Crippen LogP contribution in [-0.4, -0.2) is 24.1 Å². The number of ether oxygens (including phenoxy) is 2. The van der Waals surface area contributed by atoms with Crippen molar-refractivity contribution in [3.63, 3.8) is 0 Å². The number of carbonyl (C=O) groups excluding carboxylic acids is 2. The van der Waals surface area contributed by atoms with Crippen molar-refractivity contribution in [3.05, 3.63) is 45.6 Å². The normalized spacial score (nSPS) is 41.7. The van der Waals surface area contributed by atoms with Gasteiger partial charge in [-0.05, 0) is 224 Å². The summed E-state index contributed by atoms with van der Waals surface area (Å²) < 4.78 is 11.7. The van der Waals surface area contributed by atoms with Crippen LogP contribution in [0.2, 0.25) is 0 Å². The second-order valence-electron chi connectivity index (χ2n) is 28.3. The molecular weight excluding hydrogens is 833 g/mol. The lowest BCUT2D eigenvalue weighted by atomic mass is 9.43. The first kappa shape index (κ1) is 53.7. The number of esters is 2. The predicted octanol–water partition coefficient (Wildman–Crippen LogP) is 18.1. The Morgan fingerprint density at radius 3 is 1.16 bits per heavy atom. The van der Waals surface area contributed by atoms with Gasteiger partial charge in [-0.1, -0.05) is 129 Å². The smallest absolute Gasteiger partial charge is 0.302 e. The number of fused-ring (bicyclic) bond motifs is 8. The van der Waals surface area contributed by atoms with E-state index in [1.807, 2.05) is 22.3 Å². The summed E-state index contributed by atoms with van der Waals surface area (Å²) in [4.78, 5) is 23.6. The van der Waals surface area contributed by atoms with Gasteiger partial charge in [0, 0.05) is 24.7 Å². The molecule has 14 atom stereocenters. The Balaban J connectivity index is 0.000000201. The Kier molecular flexibility index (Phi) is 15.1. The van der Waals surface area contributed by atoms with Crippen LogP contribution >= 0.6 is 0 Å². The first-order chi connectivity index (χ1) is 31.5. The lowest BCUT2D eigenvalue weighted by Crippen LogP contribution is -2.55. The molecule has 8 aliphatic rings. The summed E-state index contributed by atoms with van der Waals surface area (Å²) in [7, 11) is 0. The van der Waals surface area contributed by atoms with Crippen molar-refractivity contribution >= 4 is 11.9 Å². The van der Waals surface area contributed by atoms with Crippen LogP contribution in [0.15, 0.2) is 45.6 Å². The fourth-order valence-electron chi connectivity index (χ4n) is 19.7. The average molecular weight is 938 g/mol. The number of hydrogen-bond donors (Lipinski definition) is 0. The standard InChI is InChI=1S/2C32H52O2/c2*1-21(2)11-10-12-22(3)24-15-19-32(9)26-13-14-27-29(5,6)28(34-23(4)33)17-18-30(27,7)25(26)16-20-31(24,32)8/h2*11,22,24,27-28H,10,12-20H2,1-9H3/t2*22-,24-,27+,28+,30-,31-,32+/m11/s1. The third-order valence-electron chi connectivity index (χ3n) is 23.8. The van der Waals surface area contributed by atoms with E-state index in [1.165, 1.54) is 127 Å². The largest absolute Gasteiger partial charge is 0.462 e. The highest BCUT2D eigenvalue weighted by molar-refractivity contribution is 5.66. The summed E-state index contributed by atoms with van der Waals surface area (Å²) in [5.74, 6) is 4.26. The Morgan fingerprint density at radius 2 is 0.838 bits per heavy atom. The van der Waals surface area contributed by atoms with Crippen LogP contribution in [0.5, 0.6) is 0 Å². The van der Waals surface area contributed by atoms with E-state index < -0.39 is 0 Å². The molecule has 0 radical (unpaired) electrons. The fraction of sp³-hybridized carbons (Fsp3) is 0.844. The van der Waals surface area contributed by atoms with E-state index in [0.717, 1.165) is 36.5 Å². The van der Waals surface area contributed by atoms with Gasteiger partial charge < -0.3 is 9.47 Å². The van der Waals surface area contributed by atoms with Crippen molar-refractivity contribution < 1.29 is 19.1 Å². The van der Waals surface area contributed by atoms with E-state index in [4.69, 9.17) is 9.47 Å². The molecule has 0 aliphatic heterocycles. The van der Waals surface area contributed by atoms with E-state index in [-0.39, 0.29) is 45.8 Å². The maximum Gasteiger partial charge on any atom is 0.302 e. The minimum absolute atomic E-state index is 0.0382. The first-order valence-corrected chi connectivity index (χ1v) is 28.6. The summed E-state index contributed by atoms with van der Waals surface area (Å²) in [6, 6.07) is 0. The molecule has 8 rings (SSSR count). The van der Waals surface area contributed by atoms with E-state index in [9.17, 15) is 9.59 Å². The van der Waals surface area contributed by atoms with Gasteiger partial charge >= 0.3 is 11.9 Å². The maximum atomic E-state index is 11.8. The first-order valence-electron chi connectivity index (χ1n) is 28.6. The minimum atomic E-state index is -0.117. The summed E-state index contributed by atoms with van der Waals surface area (Å²) in [6.45, 7) is 42.5. The van der Waals surface area contributed by atoms with Crippen molar-refractivity contribution in [1.29, 1.82) is 0 Å². The van der Waals surface area contributed by atoms with Crippen LogP contribution in [0, 0.1) is 78.8 Å².